The maximum absolute atomic E-state index is 6.29. The fraction of sp³-hybridized carbons (Fsp3) is 1.00. The fourth-order valence-corrected chi connectivity index (χ4v) is 6.17. The monoisotopic (exact) mass is 278 g/mol. The first-order chi connectivity index (χ1) is 9.36. The van der Waals surface area contributed by atoms with E-state index in [4.69, 9.17) is 5.73 Å². The minimum Gasteiger partial charge on any atom is -0.329 e. The maximum Gasteiger partial charge on any atom is 0.0359 e. The Bertz CT molecular complexity index is 364. The van der Waals surface area contributed by atoms with E-state index in [2.05, 4.69) is 32.7 Å². The highest BCUT2D eigenvalue weighted by atomic mass is 15.2. The van der Waals surface area contributed by atoms with E-state index < -0.39 is 0 Å². The molecule has 0 spiro atoms. The summed E-state index contributed by atoms with van der Waals surface area (Å²) in [6, 6.07) is 0. The van der Waals surface area contributed by atoms with Crippen molar-refractivity contribution < 1.29 is 0 Å². The van der Waals surface area contributed by atoms with E-state index in [0.29, 0.717) is 5.41 Å². The van der Waals surface area contributed by atoms with Crippen LogP contribution in [0.3, 0.4) is 0 Å². The Morgan fingerprint density at radius 3 is 2.40 bits per heavy atom. The van der Waals surface area contributed by atoms with Crippen molar-refractivity contribution in [3.63, 3.8) is 0 Å². The van der Waals surface area contributed by atoms with Crippen LogP contribution in [0.25, 0.3) is 0 Å². The van der Waals surface area contributed by atoms with E-state index in [9.17, 15) is 0 Å². The average Bonchev–Trinajstić information content (AvgIpc) is 3.02. The SMILES string of the molecule is CC1CC(C)(C)CC1(CN)N(C)CC1CC2CCC1C2. The van der Waals surface area contributed by atoms with Crippen molar-refractivity contribution in [2.75, 3.05) is 20.1 Å². The Morgan fingerprint density at radius 2 is 1.95 bits per heavy atom. The molecule has 3 fully saturated rings. The minimum atomic E-state index is 0.255. The Morgan fingerprint density at radius 1 is 1.20 bits per heavy atom. The zero-order valence-corrected chi connectivity index (χ0v) is 14.0. The molecule has 0 aromatic rings. The molecule has 3 rings (SSSR count). The van der Waals surface area contributed by atoms with Gasteiger partial charge in [-0.25, -0.2) is 0 Å². The second kappa shape index (κ2) is 4.98. The molecule has 0 aromatic carbocycles. The lowest BCUT2D eigenvalue weighted by Gasteiger charge is -2.44. The number of fused-ring (bicyclic) bond motifs is 2. The molecular weight excluding hydrogens is 244 g/mol. The average molecular weight is 278 g/mol. The summed E-state index contributed by atoms with van der Waals surface area (Å²) in [5, 5.41) is 0. The van der Waals surface area contributed by atoms with Gasteiger partial charge in [0.1, 0.15) is 0 Å². The van der Waals surface area contributed by atoms with Gasteiger partial charge in [-0.1, -0.05) is 27.2 Å². The topological polar surface area (TPSA) is 29.3 Å². The van der Waals surface area contributed by atoms with Crippen LogP contribution in [0.2, 0.25) is 0 Å². The summed E-state index contributed by atoms with van der Waals surface area (Å²) in [6.45, 7) is 9.39. The molecule has 116 valence electrons. The van der Waals surface area contributed by atoms with Crippen molar-refractivity contribution >= 4 is 0 Å². The first-order valence-corrected chi connectivity index (χ1v) is 8.77. The van der Waals surface area contributed by atoms with Crippen LogP contribution >= 0.6 is 0 Å². The molecule has 2 nitrogen and oxygen atoms in total. The molecule has 5 atom stereocenters. The van der Waals surface area contributed by atoms with Crippen LogP contribution in [0.4, 0.5) is 0 Å². The van der Waals surface area contributed by atoms with E-state index in [-0.39, 0.29) is 5.54 Å². The molecule has 3 aliphatic rings. The first kappa shape index (κ1) is 14.8. The first-order valence-electron chi connectivity index (χ1n) is 8.77. The molecule has 5 unspecified atom stereocenters. The van der Waals surface area contributed by atoms with E-state index in [1.54, 1.807) is 0 Å². The highest BCUT2D eigenvalue weighted by molar-refractivity contribution is 5.06. The van der Waals surface area contributed by atoms with Crippen molar-refractivity contribution in [1.29, 1.82) is 0 Å². The molecule has 0 saturated heterocycles. The zero-order chi connectivity index (χ0) is 14.5. The van der Waals surface area contributed by atoms with E-state index in [0.717, 1.165) is 30.2 Å². The van der Waals surface area contributed by atoms with Gasteiger partial charge in [-0.2, -0.15) is 0 Å². The lowest BCUT2D eigenvalue weighted by atomic mass is 9.82. The second-order valence-corrected chi connectivity index (χ2v) is 9.07. The summed E-state index contributed by atoms with van der Waals surface area (Å²) < 4.78 is 0. The Labute approximate surface area is 125 Å². The van der Waals surface area contributed by atoms with Crippen LogP contribution < -0.4 is 5.73 Å². The van der Waals surface area contributed by atoms with Gasteiger partial charge in [-0.15, -0.1) is 0 Å². The molecule has 0 aromatic heterocycles. The van der Waals surface area contributed by atoms with Crippen LogP contribution in [0.1, 0.15) is 59.3 Å². The third-order valence-electron chi connectivity index (χ3n) is 7.07. The molecule has 2 N–H and O–H groups in total. The van der Waals surface area contributed by atoms with Crippen molar-refractivity contribution in [3.8, 4) is 0 Å². The maximum atomic E-state index is 6.29. The largest absolute Gasteiger partial charge is 0.329 e. The van der Waals surface area contributed by atoms with Crippen LogP contribution in [0, 0.1) is 29.1 Å². The third kappa shape index (κ3) is 2.33. The molecule has 0 heterocycles. The molecule has 2 heteroatoms. The second-order valence-electron chi connectivity index (χ2n) is 9.07. The molecular formula is C18H34N2. The van der Waals surface area contributed by atoms with E-state index in [1.807, 2.05) is 0 Å². The van der Waals surface area contributed by atoms with Crippen LogP contribution in [-0.4, -0.2) is 30.6 Å². The predicted octanol–water partition coefficient (Wildman–Crippen LogP) is 3.51. The number of hydrogen-bond donors (Lipinski definition) is 1. The van der Waals surface area contributed by atoms with Gasteiger partial charge in [-0.3, -0.25) is 4.90 Å². The molecule has 20 heavy (non-hydrogen) atoms. The number of hydrogen-bond acceptors (Lipinski definition) is 2. The smallest absolute Gasteiger partial charge is 0.0359 e. The highest BCUT2D eigenvalue weighted by Gasteiger charge is 2.51. The van der Waals surface area contributed by atoms with Crippen LogP contribution in [0.15, 0.2) is 0 Å². The highest BCUT2D eigenvalue weighted by Crippen LogP contribution is 2.52. The lowest BCUT2D eigenvalue weighted by Crippen LogP contribution is -2.55. The summed E-state index contributed by atoms with van der Waals surface area (Å²) in [6.07, 6.45) is 8.62. The van der Waals surface area contributed by atoms with Crippen molar-refractivity contribution in [3.05, 3.63) is 0 Å². The van der Waals surface area contributed by atoms with Gasteiger partial charge in [-0.05, 0) is 68.2 Å². The van der Waals surface area contributed by atoms with Gasteiger partial charge in [0.25, 0.3) is 0 Å². The van der Waals surface area contributed by atoms with Crippen molar-refractivity contribution in [1.82, 2.24) is 4.90 Å². The van der Waals surface area contributed by atoms with Gasteiger partial charge in [0.2, 0.25) is 0 Å². The summed E-state index contributed by atoms with van der Waals surface area (Å²) >= 11 is 0. The van der Waals surface area contributed by atoms with E-state index in [1.165, 1.54) is 45.1 Å². The number of nitrogens with two attached hydrogens (primary N) is 1. The summed E-state index contributed by atoms with van der Waals surface area (Å²) in [4.78, 5) is 2.68. The standard InChI is InChI=1S/C18H34N2/c1-13-9-17(2,3)11-18(13,12-19)20(4)10-16-8-14-5-6-15(16)7-14/h13-16H,5-12,19H2,1-4H3. The Balaban J connectivity index is 1.70. The number of nitrogens with zero attached hydrogens (tertiary/aromatic N) is 1. The normalized spacial score (nSPS) is 46.5. The molecule has 0 amide bonds. The predicted molar refractivity (Wildman–Crippen MR) is 85.5 cm³/mol. The zero-order valence-electron chi connectivity index (χ0n) is 14.0. The molecule has 0 radical (unpaired) electrons. The molecule has 0 aliphatic heterocycles. The van der Waals surface area contributed by atoms with Crippen LogP contribution in [-0.2, 0) is 0 Å². The van der Waals surface area contributed by atoms with Gasteiger partial charge in [0.05, 0.1) is 0 Å². The van der Waals surface area contributed by atoms with Crippen molar-refractivity contribution in [2.24, 2.45) is 34.8 Å². The van der Waals surface area contributed by atoms with Crippen LogP contribution in [0.5, 0.6) is 0 Å². The summed E-state index contributed by atoms with van der Waals surface area (Å²) in [5.41, 5.74) is 7.01. The fourth-order valence-electron chi connectivity index (χ4n) is 6.17. The number of likely N-dealkylation sites (N-methyl/N-ethyl adjacent to an activating group) is 1. The molecule has 3 saturated carbocycles. The van der Waals surface area contributed by atoms with Gasteiger partial charge < -0.3 is 5.73 Å². The summed E-state index contributed by atoms with van der Waals surface area (Å²) in [5.74, 6) is 3.77. The van der Waals surface area contributed by atoms with Gasteiger partial charge in [0.15, 0.2) is 0 Å². The minimum absolute atomic E-state index is 0.255. The molecule has 2 bridgehead atoms. The lowest BCUT2D eigenvalue weighted by molar-refractivity contribution is 0.0595. The van der Waals surface area contributed by atoms with E-state index >= 15 is 0 Å². The van der Waals surface area contributed by atoms with Gasteiger partial charge in [0, 0.05) is 18.6 Å². The number of rotatable bonds is 4. The van der Waals surface area contributed by atoms with Gasteiger partial charge >= 0.3 is 0 Å². The third-order valence-corrected chi connectivity index (χ3v) is 7.07. The molecule has 3 aliphatic carbocycles. The Hall–Kier alpha value is -0.0800. The van der Waals surface area contributed by atoms with Crippen molar-refractivity contribution in [2.45, 2.75) is 64.8 Å². The summed E-state index contributed by atoms with van der Waals surface area (Å²) in [7, 11) is 2.36. The quantitative estimate of drug-likeness (QED) is 0.852. The Kier molecular flexibility index (Phi) is 3.70.